The van der Waals surface area contributed by atoms with Crippen LogP contribution in [0.4, 0.5) is 0 Å². The lowest BCUT2D eigenvalue weighted by molar-refractivity contribution is -0.151. The summed E-state index contributed by atoms with van der Waals surface area (Å²) < 4.78 is 17.4. The fourth-order valence-electron chi connectivity index (χ4n) is 6.80. The number of hydrogen-bond donors (Lipinski definition) is 0. The maximum absolute atomic E-state index is 12.9. The highest BCUT2D eigenvalue weighted by Gasteiger charge is 2.23. The van der Waals surface area contributed by atoms with E-state index in [1.54, 1.807) is 0 Å². The van der Waals surface area contributed by atoms with Crippen LogP contribution < -0.4 is 0 Å². The Balaban J connectivity index is 2.41. The number of likely N-dealkylation sites (tertiary alicyclic amines) is 1. The van der Waals surface area contributed by atoms with E-state index in [2.05, 4.69) is 39.6 Å². The first-order chi connectivity index (χ1) is 23.3. The molecule has 1 aliphatic heterocycles. The number of unbranched alkanes of at least 4 members (excludes halogenated alkanes) is 10. The summed E-state index contributed by atoms with van der Waals surface area (Å²) >= 11 is 0. The van der Waals surface area contributed by atoms with Crippen LogP contribution in [0.25, 0.3) is 0 Å². The van der Waals surface area contributed by atoms with E-state index in [0.717, 1.165) is 167 Å². The quantitative estimate of drug-likeness (QED) is 0.0410. The van der Waals surface area contributed by atoms with Gasteiger partial charge in [0, 0.05) is 6.42 Å². The first-order valence-electron chi connectivity index (χ1n) is 20.6. The average Bonchev–Trinajstić information content (AvgIpc) is 3.08. The molecule has 0 bridgehead atoms. The smallest absolute Gasteiger partial charge is 0.308 e. The number of nitrogens with zero attached hydrogens (tertiary/aromatic N) is 1. The molecule has 0 aromatic rings. The molecule has 0 spiro atoms. The first-order valence-corrected chi connectivity index (χ1v) is 20.6. The van der Waals surface area contributed by atoms with Gasteiger partial charge in [0.1, 0.15) is 6.10 Å². The fourth-order valence-corrected chi connectivity index (χ4v) is 6.80. The predicted octanol–water partition coefficient (Wildman–Crippen LogP) is 10.6. The predicted molar refractivity (Wildman–Crippen MR) is 198 cm³/mol. The van der Waals surface area contributed by atoms with Gasteiger partial charge in [0.05, 0.1) is 25.0 Å². The molecule has 7 heteroatoms. The van der Waals surface area contributed by atoms with E-state index >= 15 is 0 Å². The van der Waals surface area contributed by atoms with Crippen LogP contribution in [0.2, 0.25) is 0 Å². The van der Waals surface area contributed by atoms with Crippen molar-refractivity contribution in [3.8, 4) is 0 Å². The Kier molecular flexibility index (Phi) is 27.9. The largest absolute Gasteiger partial charge is 0.465 e. The summed E-state index contributed by atoms with van der Waals surface area (Å²) in [6, 6.07) is 0. The third kappa shape index (κ3) is 22.9. The minimum absolute atomic E-state index is 0.00482. The topological polar surface area (TPSA) is 82.1 Å². The molecule has 0 atom stereocenters. The number of rotatable bonds is 31. The van der Waals surface area contributed by atoms with Crippen molar-refractivity contribution < 1.29 is 28.6 Å². The molecule has 0 radical (unpaired) electrons. The normalized spacial score (nSPS) is 14.2. The Hall–Kier alpha value is -1.63. The second kappa shape index (κ2) is 30.2. The van der Waals surface area contributed by atoms with Crippen LogP contribution in [-0.4, -0.2) is 62.3 Å². The summed E-state index contributed by atoms with van der Waals surface area (Å²) in [6.45, 7) is 11.8. The Morgan fingerprint density at radius 1 is 0.562 bits per heavy atom. The second-order valence-electron chi connectivity index (χ2n) is 14.8. The van der Waals surface area contributed by atoms with Gasteiger partial charge in [-0.3, -0.25) is 14.4 Å². The van der Waals surface area contributed by atoms with Gasteiger partial charge in [-0.15, -0.1) is 0 Å². The van der Waals surface area contributed by atoms with Gasteiger partial charge in [0.2, 0.25) is 0 Å². The van der Waals surface area contributed by atoms with Gasteiger partial charge in [0.15, 0.2) is 0 Å². The molecular formula is C41H77NO6. The van der Waals surface area contributed by atoms with E-state index in [9.17, 15) is 14.4 Å². The van der Waals surface area contributed by atoms with E-state index in [-0.39, 0.29) is 35.8 Å². The van der Waals surface area contributed by atoms with E-state index in [1.165, 1.54) is 0 Å². The van der Waals surface area contributed by atoms with E-state index in [1.807, 2.05) is 0 Å². The molecule has 1 fully saturated rings. The maximum Gasteiger partial charge on any atom is 0.308 e. The molecule has 0 aromatic carbocycles. The Bertz CT molecular complexity index is 734. The zero-order valence-electron chi connectivity index (χ0n) is 32.2. The van der Waals surface area contributed by atoms with E-state index < -0.39 is 0 Å². The average molecular weight is 680 g/mol. The van der Waals surface area contributed by atoms with Crippen molar-refractivity contribution in [2.75, 3.05) is 33.4 Å². The molecular weight excluding hydrogens is 602 g/mol. The van der Waals surface area contributed by atoms with Crippen molar-refractivity contribution in [3.05, 3.63) is 0 Å². The van der Waals surface area contributed by atoms with Crippen molar-refractivity contribution in [1.29, 1.82) is 0 Å². The molecule has 1 rings (SSSR count). The van der Waals surface area contributed by atoms with Gasteiger partial charge in [0.25, 0.3) is 0 Å². The van der Waals surface area contributed by atoms with Gasteiger partial charge in [-0.1, -0.05) is 105 Å². The van der Waals surface area contributed by atoms with E-state index in [0.29, 0.717) is 25.6 Å². The summed E-state index contributed by atoms with van der Waals surface area (Å²) in [6.07, 6.45) is 25.0. The lowest BCUT2D eigenvalue weighted by atomic mass is 9.94. The highest BCUT2D eigenvalue weighted by molar-refractivity contribution is 5.72. The van der Waals surface area contributed by atoms with Crippen LogP contribution in [0.3, 0.4) is 0 Å². The van der Waals surface area contributed by atoms with Crippen molar-refractivity contribution in [1.82, 2.24) is 4.90 Å². The number of piperidine rings is 1. The van der Waals surface area contributed by atoms with Crippen LogP contribution >= 0.6 is 0 Å². The highest BCUT2D eigenvalue weighted by Crippen LogP contribution is 2.23. The monoisotopic (exact) mass is 680 g/mol. The van der Waals surface area contributed by atoms with Crippen molar-refractivity contribution >= 4 is 17.9 Å². The van der Waals surface area contributed by atoms with Crippen molar-refractivity contribution in [2.45, 2.75) is 194 Å². The Labute approximate surface area is 296 Å². The van der Waals surface area contributed by atoms with Gasteiger partial charge in [-0.25, -0.2) is 0 Å². The van der Waals surface area contributed by atoms with Gasteiger partial charge >= 0.3 is 17.9 Å². The zero-order valence-corrected chi connectivity index (χ0v) is 32.2. The number of carbonyl (C=O) groups excluding carboxylic acids is 3. The van der Waals surface area contributed by atoms with Crippen molar-refractivity contribution in [2.24, 2.45) is 17.8 Å². The lowest BCUT2D eigenvalue weighted by Crippen LogP contribution is -2.31. The maximum atomic E-state index is 12.9. The molecule has 7 nitrogen and oxygen atoms in total. The number of carbonyl (C=O) groups is 3. The summed E-state index contributed by atoms with van der Waals surface area (Å²) in [5, 5.41) is 0. The third-order valence-corrected chi connectivity index (χ3v) is 10.2. The molecule has 1 saturated heterocycles. The molecule has 1 aliphatic rings. The second-order valence-corrected chi connectivity index (χ2v) is 14.8. The summed E-state index contributed by atoms with van der Waals surface area (Å²) in [5.74, 6) is 0.512. The molecule has 0 aromatic heterocycles. The lowest BCUT2D eigenvalue weighted by Gasteiger charge is -2.28. The van der Waals surface area contributed by atoms with Crippen molar-refractivity contribution in [3.63, 3.8) is 0 Å². The standard InChI is InChI=1S/C41H77NO6/c1-6-10-22-36(23-11-7-2)40(44)46-32-20-16-14-18-26-38(48-39(43)34-35-28-30-42(5)31-29-35)27-19-15-17-21-33-47-41(45)37(24-12-8-3)25-13-9-4/h35-38H,6-34H2,1-5H3. The highest BCUT2D eigenvalue weighted by atomic mass is 16.5. The van der Waals surface area contributed by atoms with Crippen LogP contribution in [0, 0.1) is 17.8 Å². The van der Waals surface area contributed by atoms with Crippen LogP contribution in [0.1, 0.15) is 188 Å². The number of ether oxygens (including phenoxy) is 3. The number of hydrogen-bond acceptors (Lipinski definition) is 7. The molecule has 0 unspecified atom stereocenters. The minimum atomic E-state index is -0.0326. The molecule has 0 saturated carbocycles. The van der Waals surface area contributed by atoms with E-state index in [4.69, 9.17) is 14.2 Å². The Morgan fingerprint density at radius 2 is 0.958 bits per heavy atom. The molecule has 282 valence electrons. The minimum Gasteiger partial charge on any atom is -0.465 e. The third-order valence-electron chi connectivity index (χ3n) is 10.2. The van der Waals surface area contributed by atoms with Gasteiger partial charge in [-0.05, 0) is 103 Å². The fraction of sp³-hybridized carbons (Fsp3) is 0.927. The molecule has 0 aliphatic carbocycles. The SMILES string of the molecule is CCCCC(CCCC)C(=O)OCCCCCCC(CCCCCCOC(=O)C(CCCC)CCCC)OC(=O)CC1CCN(C)CC1. The van der Waals surface area contributed by atoms with Crippen LogP contribution in [0.15, 0.2) is 0 Å². The molecule has 0 amide bonds. The first kappa shape index (κ1) is 44.4. The van der Waals surface area contributed by atoms with Gasteiger partial charge in [-0.2, -0.15) is 0 Å². The molecule has 1 heterocycles. The summed E-state index contributed by atoms with van der Waals surface area (Å²) in [4.78, 5) is 40.5. The summed E-state index contributed by atoms with van der Waals surface area (Å²) in [5.41, 5.74) is 0. The molecule has 0 N–H and O–H groups in total. The van der Waals surface area contributed by atoms with Crippen LogP contribution in [0.5, 0.6) is 0 Å². The number of esters is 3. The van der Waals surface area contributed by atoms with Gasteiger partial charge < -0.3 is 19.1 Å². The summed E-state index contributed by atoms with van der Waals surface area (Å²) in [7, 11) is 2.15. The Morgan fingerprint density at radius 3 is 1.35 bits per heavy atom. The van der Waals surface area contributed by atoms with Crippen LogP contribution in [-0.2, 0) is 28.6 Å². The zero-order chi connectivity index (χ0) is 35.2. The molecule has 48 heavy (non-hydrogen) atoms.